The lowest BCUT2D eigenvalue weighted by molar-refractivity contribution is 0.189. The van der Waals surface area contributed by atoms with Gasteiger partial charge < -0.3 is 19.3 Å². The predicted octanol–water partition coefficient (Wildman–Crippen LogP) is 3.10. The molecule has 2 aromatic heterocycles. The van der Waals surface area contributed by atoms with Gasteiger partial charge in [0, 0.05) is 51.4 Å². The van der Waals surface area contributed by atoms with Crippen LogP contribution in [-0.2, 0) is 6.42 Å². The minimum absolute atomic E-state index is 0. The number of hydrogen-bond donors (Lipinski definition) is 1. The maximum Gasteiger partial charge on any atom is 0.226 e. The number of hydrogen-bond acceptors (Lipinski definition) is 5. The molecule has 8 nitrogen and oxygen atoms in total. The van der Waals surface area contributed by atoms with E-state index in [2.05, 4.69) is 61.9 Å². The van der Waals surface area contributed by atoms with Crippen molar-refractivity contribution in [3.8, 4) is 0 Å². The summed E-state index contributed by atoms with van der Waals surface area (Å²) in [4.78, 5) is 15.5. The Morgan fingerprint density at radius 3 is 2.89 bits per heavy atom. The standard InChI is InChI=1S/C19H31N7O.HI/c1-14(2)18-23-17(27-24-18)6-5-8-22-19(20-4)25-10-7-15(3)16(12-25)26-11-9-21-13-26;/h9,11,13-16H,5-8,10,12H2,1-4H3,(H,20,22);1H. The molecule has 2 aromatic rings. The van der Waals surface area contributed by atoms with Crippen LogP contribution in [0.5, 0.6) is 0 Å². The van der Waals surface area contributed by atoms with E-state index in [-0.39, 0.29) is 24.0 Å². The van der Waals surface area contributed by atoms with E-state index in [1.165, 1.54) is 0 Å². The Kier molecular flexibility index (Phi) is 8.71. The Labute approximate surface area is 184 Å². The second-order valence-corrected chi connectivity index (χ2v) is 7.57. The molecule has 9 heteroatoms. The number of aryl methyl sites for hydroxylation is 1. The zero-order chi connectivity index (χ0) is 19.2. The molecule has 0 radical (unpaired) electrons. The molecular formula is C19H32IN7O. The van der Waals surface area contributed by atoms with Gasteiger partial charge in [0.2, 0.25) is 5.89 Å². The molecule has 2 atom stereocenters. The van der Waals surface area contributed by atoms with Crippen LogP contribution in [-0.4, -0.2) is 57.2 Å². The Morgan fingerprint density at radius 1 is 1.43 bits per heavy atom. The first-order chi connectivity index (χ1) is 13.1. The van der Waals surface area contributed by atoms with Crippen molar-refractivity contribution in [3.05, 3.63) is 30.4 Å². The number of nitrogens with zero attached hydrogens (tertiary/aromatic N) is 6. The largest absolute Gasteiger partial charge is 0.356 e. The van der Waals surface area contributed by atoms with Gasteiger partial charge in [-0.2, -0.15) is 4.98 Å². The Morgan fingerprint density at radius 2 is 2.25 bits per heavy atom. The molecule has 1 aliphatic rings. The van der Waals surface area contributed by atoms with Crippen LogP contribution in [0.2, 0.25) is 0 Å². The van der Waals surface area contributed by atoms with E-state index >= 15 is 0 Å². The summed E-state index contributed by atoms with van der Waals surface area (Å²) in [6.07, 6.45) is 8.66. The summed E-state index contributed by atoms with van der Waals surface area (Å²) < 4.78 is 7.52. The van der Waals surface area contributed by atoms with Gasteiger partial charge in [0.15, 0.2) is 11.8 Å². The normalized spacial score (nSPS) is 20.3. The molecule has 0 bridgehead atoms. The lowest BCUT2D eigenvalue weighted by atomic mass is 9.93. The molecular weight excluding hydrogens is 469 g/mol. The van der Waals surface area contributed by atoms with Crippen LogP contribution in [0.25, 0.3) is 0 Å². The summed E-state index contributed by atoms with van der Waals surface area (Å²) in [6.45, 7) is 9.24. The van der Waals surface area contributed by atoms with Gasteiger partial charge in [-0.1, -0.05) is 25.9 Å². The molecule has 1 N–H and O–H groups in total. The fourth-order valence-corrected chi connectivity index (χ4v) is 3.47. The molecule has 28 heavy (non-hydrogen) atoms. The van der Waals surface area contributed by atoms with Gasteiger partial charge in [0.05, 0.1) is 12.4 Å². The number of piperidine rings is 1. The first-order valence-corrected chi connectivity index (χ1v) is 9.84. The monoisotopic (exact) mass is 501 g/mol. The van der Waals surface area contributed by atoms with Gasteiger partial charge in [0.1, 0.15) is 0 Å². The van der Waals surface area contributed by atoms with Crippen LogP contribution < -0.4 is 5.32 Å². The molecule has 156 valence electrons. The van der Waals surface area contributed by atoms with Gasteiger partial charge in [0.25, 0.3) is 0 Å². The third-order valence-electron chi connectivity index (χ3n) is 5.19. The number of nitrogens with one attached hydrogen (secondary N) is 1. The zero-order valence-corrected chi connectivity index (χ0v) is 19.5. The first kappa shape index (κ1) is 22.6. The van der Waals surface area contributed by atoms with Crippen LogP contribution >= 0.6 is 24.0 Å². The second-order valence-electron chi connectivity index (χ2n) is 7.57. The highest BCUT2D eigenvalue weighted by Gasteiger charge is 2.28. The van der Waals surface area contributed by atoms with Crippen molar-refractivity contribution >= 4 is 29.9 Å². The molecule has 2 unspecified atom stereocenters. The van der Waals surface area contributed by atoms with Crippen LogP contribution in [0.3, 0.4) is 0 Å². The number of imidazole rings is 1. The molecule has 0 aromatic carbocycles. The van der Waals surface area contributed by atoms with Crippen molar-refractivity contribution in [2.24, 2.45) is 10.9 Å². The average Bonchev–Trinajstić information content (AvgIpc) is 3.34. The maximum absolute atomic E-state index is 5.30. The summed E-state index contributed by atoms with van der Waals surface area (Å²) >= 11 is 0. The van der Waals surface area contributed by atoms with Gasteiger partial charge in [-0.3, -0.25) is 4.99 Å². The maximum atomic E-state index is 5.30. The number of aromatic nitrogens is 4. The van der Waals surface area contributed by atoms with Crippen molar-refractivity contribution in [1.29, 1.82) is 0 Å². The molecule has 1 fully saturated rings. The number of guanidine groups is 1. The third-order valence-corrected chi connectivity index (χ3v) is 5.19. The van der Waals surface area contributed by atoms with E-state index in [9.17, 15) is 0 Å². The Balaban J connectivity index is 0.00000280. The minimum atomic E-state index is 0. The number of aliphatic imine (C=N–C) groups is 1. The van der Waals surface area contributed by atoms with Crippen molar-refractivity contribution < 1.29 is 4.52 Å². The SMILES string of the molecule is CN=C(NCCCc1nc(C(C)C)no1)N1CCC(C)C(n2ccnc2)C1.I. The summed E-state index contributed by atoms with van der Waals surface area (Å²) in [5, 5.41) is 7.49. The van der Waals surface area contributed by atoms with Crippen molar-refractivity contribution in [1.82, 2.24) is 29.9 Å². The highest BCUT2D eigenvalue weighted by atomic mass is 127. The molecule has 0 aliphatic carbocycles. The van der Waals surface area contributed by atoms with Gasteiger partial charge in [-0.15, -0.1) is 24.0 Å². The summed E-state index contributed by atoms with van der Waals surface area (Å²) in [5.74, 6) is 3.37. The quantitative estimate of drug-likeness (QED) is 0.284. The molecule has 3 heterocycles. The topological polar surface area (TPSA) is 84.4 Å². The minimum Gasteiger partial charge on any atom is -0.356 e. The molecule has 0 saturated carbocycles. The molecule has 0 spiro atoms. The van der Waals surface area contributed by atoms with Gasteiger partial charge >= 0.3 is 0 Å². The van der Waals surface area contributed by atoms with Gasteiger partial charge in [-0.25, -0.2) is 4.98 Å². The summed E-state index contributed by atoms with van der Waals surface area (Å²) in [7, 11) is 1.85. The lowest BCUT2D eigenvalue weighted by Gasteiger charge is -2.39. The van der Waals surface area contributed by atoms with Crippen LogP contribution in [0.1, 0.15) is 57.3 Å². The lowest BCUT2D eigenvalue weighted by Crippen LogP contribution is -2.49. The fraction of sp³-hybridized carbons (Fsp3) is 0.684. The van der Waals surface area contributed by atoms with Gasteiger partial charge in [-0.05, 0) is 18.8 Å². The fourth-order valence-electron chi connectivity index (χ4n) is 3.47. The van der Waals surface area contributed by atoms with E-state index < -0.39 is 0 Å². The summed E-state index contributed by atoms with van der Waals surface area (Å²) in [5.41, 5.74) is 0. The molecule has 0 amide bonds. The Hall–Kier alpha value is -1.65. The van der Waals surface area contributed by atoms with Crippen LogP contribution in [0.4, 0.5) is 0 Å². The van der Waals surface area contributed by atoms with E-state index in [0.29, 0.717) is 23.8 Å². The number of likely N-dealkylation sites (tertiary alicyclic amines) is 1. The number of rotatable bonds is 6. The smallest absolute Gasteiger partial charge is 0.226 e. The summed E-state index contributed by atoms with van der Waals surface area (Å²) in [6, 6.07) is 0.424. The molecule has 3 rings (SSSR count). The molecule has 1 saturated heterocycles. The van der Waals surface area contributed by atoms with Crippen molar-refractivity contribution in [3.63, 3.8) is 0 Å². The van der Waals surface area contributed by atoms with Crippen LogP contribution in [0.15, 0.2) is 28.2 Å². The van der Waals surface area contributed by atoms with Crippen molar-refractivity contribution in [2.75, 3.05) is 26.7 Å². The van der Waals surface area contributed by atoms with E-state index in [0.717, 1.165) is 50.7 Å². The zero-order valence-electron chi connectivity index (χ0n) is 17.2. The predicted molar refractivity (Wildman–Crippen MR) is 120 cm³/mol. The average molecular weight is 501 g/mol. The first-order valence-electron chi connectivity index (χ1n) is 9.84. The number of halogens is 1. The van der Waals surface area contributed by atoms with E-state index in [1.807, 2.05) is 19.6 Å². The van der Waals surface area contributed by atoms with E-state index in [4.69, 9.17) is 4.52 Å². The second kappa shape index (κ2) is 10.8. The molecule has 1 aliphatic heterocycles. The highest BCUT2D eigenvalue weighted by molar-refractivity contribution is 14.0. The van der Waals surface area contributed by atoms with E-state index in [1.54, 1.807) is 0 Å². The van der Waals surface area contributed by atoms with Crippen molar-refractivity contribution in [2.45, 2.75) is 52.0 Å². The third kappa shape index (κ3) is 5.68. The Bertz CT molecular complexity index is 728. The van der Waals surface area contributed by atoms with Crippen LogP contribution in [0, 0.1) is 5.92 Å². The highest BCUT2D eigenvalue weighted by Crippen LogP contribution is 2.27.